The number of hydrogen-bond donors (Lipinski definition) is 1. The van der Waals surface area contributed by atoms with Crippen LogP contribution in [0.1, 0.15) is 30.5 Å². The van der Waals surface area contributed by atoms with Crippen LogP contribution in [0.2, 0.25) is 0 Å². The number of carboxylic acid groups (broad SMARTS) is 1. The van der Waals surface area contributed by atoms with Crippen molar-refractivity contribution >= 4 is 27.8 Å². The van der Waals surface area contributed by atoms with Crippen molar-refractivity contribution in [2.24, 2.45) is 7.05 Å². The number of para-hydroxylation sites is 1. The van der Waals surface area contributed by atoms with Gasteiger partial charge in [-0.3, -0.25) is 9.36 Å². The molecule has 0 saturated carbocycles. The highest BCUT2D eigenvalue weighted by atomic mass is 16.4. The van der Waals surface area contributed by atoms with Crippen LogP contribution in [-0.4, -0.2) is 24.8 Å². The van der Waals surface area contributed by atoms with Gasteiger partial charge in [-0.1, -0.05) is 31.2 Å². The molecule has 0 radical (unpaired) electrons. The molecule has 154 valence electrons. The third-order valence-corrected chi connectivity index (χ3v) is 5.69. The molecule has 7 nitrogen and oxygen atoms in total. The quantitative estimate of drug-likeness (QED) is 0.553. The molecule has 0 aliphatic rings. The first-order chi connectivity index (χ1) is 14.3. The predicted molar refractivity (Wildman–Crippen MR) is 116 cm³/mol. The third kappa shape index (κ3) is 2.94. The summed E-state index contributed by atoms with van der Waals surface area (Å²) in [5.74, 6) is -1.19. The summed E-state index contributed by atoms with van der Waals surface area (Å²) in [6.07, 6.45) is 2.11. The Bertz CT molecular complexity index is 1410. The van der Waals surface area contributed by atoms with Gasteiger partial charge in [0.25, 0.3) is 5.56 Å². The molecular formula is C23H23N3O4. The van der Waals surface area contributed by atoms with E-state index in [1.807, 2.05) is 42.9 Å². The van der Waals surface area contributed by atoms with Crippen LogP contribution in [0.3, 0.4) is 0 Å². The SMILES string of the molecule is CC[C@@H](C(=O)O)n1c(=O)c2ccccc2n(Cc2cn(C)c3cccc(C)c23)c1=O. The van der Waals surface area contributed by atoms with Crippen molar-refractivity contribution in [1.29, 1.82) is 0 Å². The molecule has 4 aromatic rings. The largest absolute Gasteiger partial charge is 0.480 e. The molecule has 0 aliphatic heterocycles. The van der Waals surface area contributed by atoms with Crippen LogP contribution in [-0.2, 0) is 18.4 Å². The molecular weight excluding hydrogens is 382 g/mol. The minimum atomic E-state index is -1.21. The van der Waals surface area contributed by atoms with Gasteiger partial charge in [0.2, 0.25) is 0 Å². The topological polar surface area (TPSA) is 86.2 Å². The summed E-state index contributed by atoms with van der Waals surface area (Å²) in [7, 11) is 1.95. The van der Waals surface area contributed by atoms with Gasteiger partial charge in [-0.25, -0.2) is 14.2 Å². The van der Waals surface area contributed by atoms with E-state index in [1.165, 1.54) is 4.57 Å². The number of carboxylic acids is 1. The van der Waals surface area contributed by atoms with E-state index in [1.54, 1.807) is 31.2 Å². The summed E-state index contributed by atoms with van der Waals surface area (Å²) >= 11 is 0. The highest BCUT2D eigenvalue weighted by Crippen LogP contribution is 2.25. The average Bonchev–Trinajstić information content (AvgIpc) is 3.05. The molecule has 0 spiro atoms. The minimum absolute atomic E-state index is 0.135. The lowest BCUT2D eigenvalue weighted by molar-refractivity contribution is -0.141. The summed E-state index contributed by atoms with van der Waals surface area (Å²) in [5.41, 5.74) is 2.38. The van der Waals surface area contributed by atoms with Crippen LogP contribution < -0.4 is 11.2 Å². The van der Waals surface area contributed by atoms with E-state index in [4.69, 9.17) is 0 Å². The Morgan fingerprint density at radius 2 is 1.77 bits per heavy atom. The standard InChI is InChI=1S/C23H23N3O4/c1-4-17(22(28)29)26-21(27)16-9-5-6-10-18(16)25(23(26)30)13-15-12-24(3)19-11-7-8-14(2)20(15)19/h5-12,17H,4,13H2,1-3H3,(H,28,29)/t17-/m0/s1. The third-order valence-electron chi connectivity index (χ3n) is 5.69. The van der Waals surface area contributed by atoms with Gasteiger partial charge in [-0.2, -0.15) is 0 Å². The van der Waals surface area contributed by atoms with Crippen molar-refractivity contribution in [3.8, 4) is 0 Å². The predicted octanol–water partition coefficient (Wildman–Crippen LogP) is 3.05. The number of benzene rings is 2. The molecule has 1 atom stereocenters. The summed E-state index contributed by atoms with van der Waals surface area (Å²) in [4.78, 5) is 38.2. The molecule has 0 aliphatic carbocycles. The van der Waals surface area contributed by atoms with E-state index < -0.39 is 23.3 Å². The van der Waals surface area contributed by atoms with Crippen LogP contribution in [0.25, 0.3) is 21.8 Å². The van der Waals surface area contributed by atoms with Crippen molar-refractivity contribution in [2.75, 3.05) is 0 Å². The van der Waals surface area contributed by atoms with E-state index in [-0.39, 0.29) is 13.0 Å². The highest BCUT2D eigenvalue weighted by Gasteiger charge is 2.25. The number of aryl methyl sites for hydroxylation is 2. The number of aliphatic carboxylic acids is 1. The summed E-state index contributed by atoms with van der Waals surface area (Å²) in [6, 6.07) is 11.7. The molecule has 2 aromatic heterocycles. The van der Waals surface area contributed by atoms with Gasteiger partial charge in [0.15, 0.2) is 0 Å². The van der Waals surface area contributed by atoms with Crippen molar-refractivity contribution in [3.05, 3.63) is 80.6 Å². The van der Waals surface area contributed by atoms with E-state index in [2.05, 4.69) is 0 Å². The maximum atomic E-state index is 13.4. The van der Waals surface area contributed by atoms with E-state index >= 15 is 0 Å². The lowest BCUT2D eigenvalue weighted by Gasteiger charge is -2.18. The Hall–Kier alpha value is -3.61. The van der Waals surface area contributed by atoms with E-state index in [0.717, 1.165) is 26.6 Å². The maximum absolute atomic E-state index is 13.4. The van der Waals surface area contributed by atoms with Crippen molar-refractivity contribution in [3.63, 3.8) is 0 Å². The molecule has 7 heteroatoms. The number of nitrogens with zero attached hydrogens (tertiary/aromatic N) is 3. The first-order valence-corrected chi connectivity index (χ1v) is 9.85. The Labute approximate surface area is 172 Å². The van der Waals surface area contributed by atoms with Gasteiger partial charge in [0.05, 0.1) is 17.4 Å². The number of rotatable bonds is 5. The Morgan fingerprint density at radius 1 is 1.07 bits per heavy atom. The van der Waals surface area contributed by atoms with Crippen LogP contribution in [0, 0.1) is 6.92 Å². The fourth-order valence-electron chi connectivity index (χ4n) is 4.26. The molecule has 1 N–H and O–H groups in total. The maximum Gasteiger partial charge on any atom is 0.332 e. The average molecular weight is 405 g/mol. The summed E-state index contributed by atoms with van der Waals surface area (Å²) < 4.78 is 4.39. The first kappa shape index (κ1) is 19.7. The van der Waals surface area contributed by atoms with Gasteiger partial charge in [0, 0.05) is 24.1 Å². The second kappa shape index (κ2) is 7.33. The lowest BCUT2D eigenvalue weighted by Crippen LogP contribution is -2.44. The van der Waals surface area contributed by atoms with Gasteiger partial charge < -0.3 is 9.67 Å². The molecule has 2 aromatic carbocycles. The Balaban J connectivity index is 2.04. The molecule has 0 unspecified atom stereocenters. The van der Waals surface area contributed by atoms with Crippen LogP contribution in [0.4, 0.5) is 0 Å². The van der Waals surface area contributed by atoms with Crippen molar-refractivity contribution < 1.29 is 9.90 Å². The van der Waals surface area contributed by atoms with Gasteiger partial charge in [-0.05, 0) is 42.7 Å². The molecule has 4 rings (SSSR count). The number of carbonyl (C=O) groups is 1. The second-order valence-electron chi connectivity index (χ2n) is 7.56. The second-order valence-corrected chi connectivity index (χ2v) is 7.56. The van der Waals surface area contributed by atoms with Gasteiger partial charge >= 0.3 is 11.7 Å². The number of fused-ring (bicyclic) bond motifs is 2. The molecule has 0 amide bonds. The van der Waals surface area contributed by atoms with Gasteiger partial charge in [-0.15, -0.1) is 0 Å². The van der Waals surface area contributed by atoms with Crippen LogP contribution >= 0.6 is 0 Å². The Kier molecular flexibility index (Phi) is 4.81. The monoisotopic (exact) mass is 405 g/mol. The normalized spacial score (nSPS) is 12.5. The van der Waals surface area contributed by atoms with Crippen LogP contribution in [0.15, 0.2) is 58.3 Å². The van der Waals surface area contributed by atoms with Crippen LogP contribution in [0.5, 0.6) is 0 Å². The van der Waals surface area contributed by atoms with Crippen molar-refractivity contribution in [2.45, 2.75) is 32.9 Å². The fraction of sp³-hybridized carbons (Fsp3) is 0.261. The lowest BCUT2D eigenvalue weighted by atomic mass is 10.1. The molecule has 0 bridgehead atoms. The zero-order valence-corrected chi connectivity index (χ0v) is 17.1. The summed E-state index contributed by atoms with van der Waals surface area (Å²) in [5, 5.41) is 11.0. The molecule has 0 saturated heterocycles. The minimum Gasteiger partial charge on any atom is -0.480 e. The summed E-state index contributed by atoms with van der Waals surface area (Å²) in [6.45, 7) is 3.90. The Morgan fingerprint density at radius 3 is 2.47 bits per heavy atom. The zero-order chi connectivity index (χ0) is 21.6. The fourth-order valence-corrected chi connectivity index (χ4v) is 4.26. The number of hydrogen-bond acceptors (Lipinski definition) is 3. The number of aromatic nitrogens is 3. The molecule has 2 heterocycles. The zero-order valence-electron chi connectivity index (χ0n) is 17.1. The van der Waals surface area contributed by atoms with Crippen molar-refractivity contribution in [1.82, 2.24) is 13.7 Å². The molecule has 0 fully saturated rings. The highest BCUT2D eigenvalue weighted by molar-refractivity contribution is 5.87. The van der Waals surface area contributed by atoms with E-state index in [0.29, 0.717) is 10.9 Å². The molecule has 30 heavy (non-hydrogen) atoms. The first-order valence-electron chi connectivity index (χ1n) is 9.85. The van der Waals surface area contributed by atoms with E-state index in [9.17, 15) is 19.5 Å². The van der Waals surface area contributed by atoms with Gasteiger partial charge in [0.1, 0.15) is 6.04 Å². The smallest absolute Gasteiger partial charge is 0.332 e.